The first-order valence-electron chi connectivity index (χ1n) is 12.6. The number of hydrogen-bond acceptors (Lipinski definition) is 5. The summed E-state index contributed by atoms with van der Waals surface area (Å²) in [6, 6.07) is 19.5. The maximum absolute atomic E-state index is 13.9. The molecule has 3 aromatic rings. The predicted octanol–water partition coefficient (Wildman–Crippen LogP) is 4.90. The van der Waals surface area contributed by atoms with Crippen LogP contribution in [0.4, 0.5) is 5.69 Å². The number of carbonyl (C=O) groups is 2. The minimum atomic E-state index is -4.12. The summed E-state index contributed by atoms with van der Waals surface area (Å²) in [5.74, 6) is -0.270. The van der Waals surface area contributed by atoms with E-state index >= 15 is 0 Å². The van der Waals surface area contributed by atoms with Gasteiger partial charge in [-0.2, -0.15) is 0 Å². The summed E-state index contributed by atoms with van der Waals surface area (Å²) < 4.78 is 34.8. The lowest BCUT2D eigenvalue weighted by Crippen LogP contribution is -2.51. The van der Waals surface area contributed by atoms with Crippen molar-refractivity contribution in [2.45, 2.75) is 44.7 Å². The number of benzene rings is 3. The fraction of sp³-hybridized carbons (Fsp3) is 0.310. The molecule has 0 bridgehead atoms. The monoisotopic (exact) mass is 615 g/mol. The molecule has 0 aliphatic rings. The Kier molecular flexibility index (Phi) is 10.5. The second kappa shape index (κ2) is 13.6. The maximum atomic E-state index is 13.9. The van der Waals surface area contributed by atoms with Crippen molar-refractivity contribution >= 4 is 43.5 Å². The van der Waals surface area contributed by atoms with E-state index in [1.54, 1.807) is 43.3 Å². The van der Waals surface area contributed by atoms with Crippen LogP contribution < -0.4 is 14.4 Å². The number of rotatable bonds is 12. The molecule has 0 aromatic heterocycles. The third-order valence-corrected chi connectivity index (χ3v) is 8.49. The van der Waals surface area contributed by atoms with Crippen LogP contribution in [0.2, 0.25) is 0 Å². The normalized spacial score (nSPS) is 11.9. The van der Waals surface area contributed by atoms with Crippen molar-refractivity contribution in [1.29, 1.82) is 0 Å². The highest BCUT2D eigenvalue weighted by atomic mass is 79.9. The Morgan fingerprint density at radius 2 is 1.69 bits per heavy atom. The number of sulfonamides is 1. The average molecular weight is 617 g/mol. The fourth-order valence-corrected chi connectivity index (χ4v) is 5.79. The van der Waals surface area contributed by atoms with E-state index in [0.717, 1.165) is 26.3 Å². The van der Waals surface area contributed by atoms with E-state index in [-0.39, 0.29) is 17.3 Å². The number of ether oxygens (including phenoxy) is 1. The number of amides is 2. The molecule has 0 unspecified atom stereocenters. The first-order chi connectivity index (χ1) is 18.6. The van der Waals surface area contributed by atoms with E-state index in [2.05, 4.69) is 21.2 Å². The number of nitrogens with one attached hydrogen (secondary N) is 1. The summed E-state index contributed by atoms with van der Waals surface area (Å²) >= 11 is 3.45. The molecule has 1 N–H and O–H groups in total. The van der Waals surface area contributed by atoms with Crippen LogP contribution in [-0.2, 0) is 26.2 Å². The van der Waals surface area contributed by atoms with Gasteiger partial charge in [0.15, 0.2) is 0 Å². The van der Waals surface area contributed by atoms with Gasteiger partial charge in [0.25, 0.3) is 10.0 Å². The minimum absolute atomic E-state index is 0.0593. The van der Waals surface area contributed by atoms with E-state index in [4.69, 9.17) is 4.74 Å². The van der Waals surface area contributed by atoms with E-state index < -0.39 is 28.5 Å². The summed E-state index contributed by atoms with van der Waals surface area (Å²) in [5, 5.41) is 2.84. The molecule has 0 saturated heterocycles. The van der Waals surface area contributed by atoms with Crippen LogP contribution in [0.3, 0.4) is 0 Å². The van der Waals surface area contributed by atoms with Crippen molar-refractivity contribution in [3.63, 3.8) is 0 Å². The zero-order valence-corrected chi connectivity index (χ0v) is 25.0. The van der Waals surface area contributed by atoms with Crippen molar-refractivity contribution in [3.05, 3.63) is 88.4 Å². The number of anilines is 1. The molecule has 1 atom stereocenters. The summed E-state index contributed by atoms with van der Waals surface area (Å²) in [7, 11) is -2.60. The van der Waals surface area contributed by atoms with Gasteiger partial charge in [-0.25, -0.2) is 8.42 Å². The number of carbonyl (C=O) groups excluding carboxylic acids is 2. The van der Waals surface area contributed by atoms with Gasteiger partial charge in [0.2, 0.25) is 11.8 Å². The summed E-state index contributed by atoms with van der Waals surface area (Å²) in [4.78, 5) is 28.3. The molecule has 10 heteroatoms. The first-order valence-corrected chi connectivity index (χ1v) is 14.8. The Balaban J connectivity index is 2.02. The Bertz CT molecular complexity index is 1380. The van der Waals surface area contributed by atoms with Gasteiger partial charge < -0.3 is 15.0 Å². The van der Waals surface area contributed by atoms with Crippen LogP contribution in [0.15, 0.2) is 82.2 Å². The zero-order valence-electron chi connectivity index (χ0n) is 22.6. The van der Waals surface area contributed by atoms with Crippen LogP contribution in [0.1, 0.15) is 31.4 Å². The third kappa shape index (κ3) is 7.83. The highest BCUT2D eigenvalue weighted by Gasteiger charge is 2.32. The number of aryl methyl sites for hydroxylation is 1. The van der Waals surface area contributed by atoms with Crippen LogP contribution >= 0.6 is 15.9 Å². The minimum Gasteiger partial charge on any atom is -0.497 e. The molecule has 208 valence electrons. The van der Waals surface area contributed by atoms with Crippen molar-refractivity contribution in [1.82, 2.24) is 10.2 Å². The Morgan fingerprint density at radius 3 is 2.28 bits per heavy atom. The van der Waals surface area contributed by atoms with Gasteiger partial charge in [0.05, 0.1) is 17.7 Å². The lowest BCUT2D eigenvalue weighted by molar-refractivity contribution is -0.139. The van der Waals surface area contributed by atoms with Gasteiger partial charge in [-0.05, 0) is 74.4 Å². The van der Waals surface area contributed by atoms with Gasteiger partial charge in [0, 0.05) is 17.6 Å². The van der Waals surface area contributed by atoms with Gasteiger partial charge in [-0.15, -0.1) is 0 Å². The third-order valence-electron chi connectivity index (χ3n) is 6.21. The standard InChI is InChI=1S/C29H34BrN3O5S/c1-5-17-31-29(35)22(3)32(19-23-7-6-8-24(30)18-23)28(34)20-33(25-11-13-26(38-4)14-12-25)39(36,37)27-15-9-21(2)10-16-27/h6-16,18,22H,5,17,19-20H2,1-4H3,(H,31,35)/t22-/m1/s1. The molecule has 3 aromatic carbocycles. The first kappa shape index (κ1) is 30.2. The zero-order chi connectivity index (χ0) is 28.6. The van der Waals surface area contributed by atoms with Gasteiger partial charge in [0.1, 0.15) is 18.3 Å². The highest BCUT2D eigenvalue weighted by Crippen LogP contribution is 2.27. The fourth-order valence-electron chi connectivity index (χ4n) is 3.93. The molecule has 0 aliphatic carbocycles. The highest BCUT2D eigenvalue weighted by molar-refractivity contribution is 9.10. The number of hydrogen-bond donors (Lipinski definition) is 1. The lowest BCUT2D eigenvalue weighted by Gasteiger charge is -2.32. The number of halogens is 1. The van der Waals surface area contributed by atoms with Crippen LogP contribution in [0, 0.1) is 6.92 Å². The smallest absolute Gasteiger partial charge is 0.264 e. The molecule has 2 amide bonds. The molecule has 0 heterocycles. The molecule has 0 aliphatic heterocycles. The summed E-state index contributed by atoms with van der Waals surface area (Å²) in [6.45, 7) is 5.56. The van der Waals surface area contributed by atoms with Crippen LogP contribution in [0.25, 0.3) is 0 Å². The van der Waals surface area contributed by atoms with E-state index in [0.29, 0.717) is 18.0 Å². The van der Waals surface area contributed by atoms with Gasteiger partial charge in [-0.1, -0.05) is 52.7 Å². The predicted molar refractivity (Wildman–Crippen MR) is 156 cm³/mol. The van der Waals surface area contributed by atoms with Crippen molar-refractivity contribution in [2.24, 2.45) is 0 Å². The number of nitrogens with zero attached hydrogens (tertiary/aromatic N) is 2. The molecule has 0 spiro atoms. The van der Waals surface area contributed by atoms with Gasteiger partial charge >= 0.3 is 0 Å². The SMILES string of the molecule is CCCNC(=O)[C@@H](C)N(Cc1cccc(Br)c1)C(=O)CN(c1ccc(OC)cc1)S(=O)(=O)c1ccc(C)cc1. The Morgan fingerprint density at radius 1 is 1.03 bits per heavy atom. The van der Waals surface area contributed by atoms with Crippen molar-refractivity contribution < 1.29 is 22.7 Å². The average Bonchev–Trinajstić information content (AvgIpc) is 2.93. The Labute approximate surface area is 239 Å². The summed E-state index contributed by atoms with van der Waals surface area (Å²) in [6.07, 6.45) is 0.748. The Hall–Kier alpha value is -3.37. The number of methoxy groups -OCH3 is 1. The van der Waals surface area contributed by atoms with Crippen molar-refractivity contribution in [2.75, 3.05) is 24.5 Å². The molecule has 39 heavy (non-hydrogen) atoms. The van der Waals surface area contributed by atoms with E-state index in [1.165, 1.54) is 24.1 Å². The van der Waals surface area contributed by atoms with Gasteiger partial charge in [-0.3, -0.25) is 13.9 Å². The van der Waals surface area contributed by atoms with E-state index in [1.807, 2.05) is 38.1 Å². The molecular weight excluding hydrogens is 582 g/mol. The molecule has 3 rings (SSSR count). The molecular formula is C29H34BrN3O5S. The quantitative estimate of drug-likeness (QED) is 0.312. The second-order valence-corrected chi connectivity index (χ2v) is 11.9. The molecule has 8 nitrogen and oxygen atoms in total. The summed E-state index contributed by atoms with van der Waals surface area (Å²) in [5.41, 5.74) is 2.01. The maximum Gasteiger partial charge on any atom is 0.264 e. The van der Waals surface area contributed by atoms with E-state index in [9.17, 15) is 18.0 Å². The second-order valence-electron chi connectivity index (χ2n) is 9.14. The topological polar surface area (TPSA) is 96.0 Å². The lowest BCUT2D eigenvalue weighted by atomic mass is 10.1. The largest absolute Gasteiger partial charge is 0.497 e. The molecule has 0 saturated carbocycles. The molecule has 0 radical (unpaired) electrons. The van der Waals surface area contributed by atoms with Crippen LogP contribution in [-0.4, -0.2) is 51.4 Å². The van der Waals surface area contributed by atoms with Crippen LogP contribution in [0.5, 0.6) is 5.75 Å². The molecule has 0 fully saturated rings. The van der Waals surface area contributed by atoms with Crippen molar-refractivity contribution in [3.8, 4) is 5.75 Å².